The van der Waals surface area contributed by atoms with E-state index in [4.69, 9.17) is 11.6 Å². The Morgan fingerprint density at radius 2 is 1.62 bits per heavy atom. The van der Waals surface area contributed by atoms with E-state index in [0.29, 0.717) is 18.0 Å². The van der Waals surface area contributed by atoms with E-state index in [1.807, 2.05) is 66.7 Å². The molecule has 1 N–H and O–H groups in total. The zero-order valence-electron chi connectivity index (χ0n) is 17.6. The van der Waals surface area contributed by atoms with Crippen LogP contribution in [0.25, 0.3) is 0 Å². The lowest BCUT2D eigenvalue weighted by atomic mass is 10.0. The molecule has 0 saturated carbocycles. The van der Waals surface area contributed by atoms with Crippen LogP contribution in [0.1, 0.15) is 11.1 Å². The summed E-state index contributed by atoms with van der Waals surface area (Å²) in [6.45, 7) is 0.345. The predicted octanol–water partition coefficient (Wildman–Crippen LogP) is 5.58. The Morgan fingerprint density at radius 3 is 2.25 bits per heavy atom. The molecule has 0 radical (unpaired) electrons. The van der Waals surface area contributed by atoms with Gasteiger partial charge in [0.2, 0.25) is 11.8 Å². The van der Waals surface area contributed by atoms with E-state index in [1.165, 1.54) is 11.8 Å². The summed E-state index contributed by atoms with van der Waals surface area (Å²) in [4.78, 5) is 28.9. The monoisotopic (exact) mass is 530 g/mol. The molecule has 7 heteroatoms. The van der Waals surface area contributed by atoms with Crippen molar-refractivity contribution in [2.75, 3.05) is 12.8 Å². The molecule has 0 aromatic heterocycles. The van der Waals surface area contributed by atoms with Crippen molar-refractivity contribution in [3.8, 4) is 0 Å². The highest BCUT2D eigenvalue weighted by Gasteiger charge is 2.29. The van der Waals surface area contributed by atoms with E-state index < -0.39 is 6.04 Å². The topological polar surface area (TPSA) is 49.4 Å². The van der Waals surface area contributed by atoms with Gasteiger partial charge in [0.05, 0.1) is 5.75 Å². The number of benzene rings is 3. The minimum Gasteiger partial charge on any atom is -0.357 e. The van der Waals surface area contributed by atoms with Crippen molar-refractivity contribution in [2.45, 2.75) is 23.9 Å². The molecule has 0 aliphatic carbocycles. The smallest absolute Gasteiger partial charge is 0.242 e. The average Bonchev–Trinajstić information content (AvgIpc) is 2.82. The zero-order chi connectivity index (χ0) is 22.9. The van der Waals surface area contributed by atoms with Crippen LogP contribution in [-0.2, 0) is 22.6 Å². The van der Waals surface area contributed by atoms with Gasteiger partial charge in [-0.2, -0.15) is 0 Å². The quantitative estimate of drug-likeness (QED) is 0.367. The molecule has 3 aromatic rings. The molecule has 2 amide bonds. The summed E-state index contributed by atoms with van der Waals surface area (Å²) in [6.07, 6.45) is 0.439. The van der Waals surface area contributed by atoms with Crippen LogP contribution >= 0.6 is 39.3 Å². The van der Waals surface area contributed by atoms with Crippen LogP contribution in [0.4, 0.5) is 0 Å². The molecular weight excluding hydrogens is 508 g/mol. The van der Waals surface area contributed by atoms with Gasteiger partial charge >= 0.3 is 0 Å². The molecule has 0 bridgehead atoms. The largest absolute Gasteiger partial charge is 0.357 e. The molecule has 0 fully saturated rings. The highest BCUT2D eigenvalue weighted by atomic mass is 79.9. The van der Waals surface area contributed by atoms with Gasteiger partial charge in [-0.3, -0.25) is 9.59 Å². The highest BCUT2D eigenvalue weighted by Crippen LogP contribution is 2.23. The minimum atomic E-state index is -0.621. The third-order valence-electron chi connectivity index (χ3n) is 4.96. The average molecular weight is 532 g/mol. The summed E-state index contributed by atoms with van der Waals surface area (Å²) < 4.78 is 0.963. The number of carbonyl (C=O) groups is 2. The Bertz CT molecular complexity index is 1030. The number of nitrogens with zero attached hydrogens (tertiary/aromatic N) is 1. The standard InChI is InChI=1S/C25H24BrClN2O2S/c1-28-25(31)23(15-18-5-3-2-4-6-18)29(16-19-7-9-20(26)10-8-19)24(30)17-32-22-13-11-21(27)12-14-22/h2-14,23H,15-17H2,1H3,(H,28,31). The molecule has 0 spiro atoms. The summed E-state index contributed by atoms with van der Waals surface area (Å²) >= 11 is 10.8. The maximum Gasteiger partial charge on any atom is 0.242 e. The van der Waals surface area contributed by atoms with Crippen LogP contribution in [0.15, 0.2) is 88.2 Å². The number of rotatable bonds is 9. The van der Waals surface area contributed by atoms with Crippen molar-refractivity contribution in [2.24, 2.45) is 0 Å². The molecule has 166 valence electrons. The fourth-order valence-corrected chi connectivity index (χ4v) is 4.44. The molecule has 3 rings (SSSR count). The van der Waals surface area contributed by atoms with Gasteiger partial charge in [0, 0.05) is 34.4 Å². The number of halogens is 2. The molecule has 1 unspecified atom stereocenters. The molecule has 0 aliphatic rings. The first kappa shape index (κ1) is 24.4. The van der Waals surface area contributed by atoms with Crippen molar-refractivity contribution in [1.29, 1.82) is 0 Å². The number of amides is 2. The van der Waals surface area contributed by atoms with E-state index in [2.05, 4.69) is 21.2 Å². The first-order valence-electron chi connectivity index (χ1n) is 10.1. The van der Waals surface area contributed by atoms with Gasteiger partial charge in [0.1, 0.15) is 6.04 Å². The maximum atomic E-state index is 13.4. The fraction of sp³-hybridized carbons (Fsp3) is 0.200. The predicted molar refractivity (Wildman–Crippen MR) is 135 cm³/mol. The number of hydrogen-bond acceptors (Lipinski definition) is 3. The molecule has 0 aliphatic heterocycles. The third kappa shape index (κ3) is 7.12. The van der Waals surface area contributed by atoms with Crippen molar-refractivity contribution in [1.82, 2.24) is 10.2 Å². The number of likely N-dealkylation sites (N-methyl/N-ethyl adjacent to an activating group) is 1. The molecule has 0 saturated heterocycles. The van der Waals surface area contributed by atoms with Gasteiger partial charge in [0.25, 0.3) is 0 Å². The highest BCUT2D eigenvalue weighted by molar-refractivity contribution is 9.10. The van der Waals surface area contributed by atoms with Crippen LogP contribution in [0.3, 0.4) is 0 Å². The SMILES string of the molecule is CNC(=O)C(Cc1ccccc1)N(Cc1ccc(Br)cc1)C(=O)CSc1ccc(Cl)cc1. The molecule has 3 aromatic carbocycles. The van der Waals surface area contributed by atoms with E-state index in [-0.39, 0.29) is 17.6 Å². The summed E-state index contributed by atoms with van der Waals surface area (Å²) in [7, 11) is 1.60. The number of hydrogen-bond donors (Lipinski definition) is 1. The molecule has 1 atom stereocenters. The normalized spacial score (nSPS) is 11.6. The van der Waals surface area contributed by atoms with Crippen molar-refractivity contribution in [3.63, 3.8) is 0 Å². The summed E-state index contributed by atoms with van der Waals surface area (Å²) in [5.74, 6) is -0.0614. The number of thioether (sulfide) groups is 1. The lowest BCUT2D eigenvalue weighted by Crippen LogP contribution is -2.50. The second kappa shape index (κ2) is 12.1. The van der Waals surface area contributed by atoms with Gasteiger partial charge in [-0.1, -0.05) is 70.0 Å². The lowest BCUT2D eigenvalue weighted by Gasteiger charge is -2.31. The van der Waals surface area contributed by atoms with Crippen LogP contribution in [0.5, 0.6) is 0 Å². The Kier molecular flexibility index (Phi) is 9.21. The lowest BCUT2D eigenvalue weighted by molar-refractivity contribution is -0.139. The summed E-state index contributed by atoms with van der Waals surface area (Å²) in [6, 6.07) is 24.3. The van der Waals surface area contributed by atoms with Gasteiger partial charge in [-0.05, 0) is 47.5 Å². The molecular formula is C25H24BrClN2O2S. The molecule has 32 heavy (non-hydrogen) atoms. The van der Waals surface area contributed by atoms with E-state index >= 15 is 0 Å². The van der Waals surface area contributed by atoms with Crippen molar-refractivity contribution in [3.05, 3.63) is 99.5 Å². The maximum absolute atomic E-state index is 13.4. The van der Waals surface area contributed by atoms with Gasteiger partial charge in [-0.25, -0.2) is 0 Å². The Morgan fingerprint density at radius 1 is 0.969 bits per heavy atom. The van der Waals surface area contributed by atoms with Crippen LogP contribution in [0, 0.1) is 0 Å². The van der Waals surface area contributed by atoms with Gasteiger partial charge in [0.15, 0.2) is 0 Å². The second-order valence-corrected chi connectivity index (χ2v) is 9.61. The zero-order valence-corrected chi connectivity index (χ0v) is 20.8. The first-order valence-corrected chi connectivity index (χ1v) is 12.3. The van der Waals surface area contributed by atoms with Crippen molar-refractivity contribution < 1.29 is 9.59 Å². The van der Waals surface area contributed by atoms with Crippen LogP contribution in [-0.4, -0.2) is 35.6 Å². The summed E-state index contributed by atoms with van der Waals surface area (Å²) in [5.41, 5.74) is 1.96. The van der Waals surface area contributed by atoms with Crippen LogP contribution in [0.2, 0.25) is 5.02 Å². The Balaban J connectivity index is 1.85. The number of nitrogens with one attached hydrogen (secondary N) is 1. The van der Waals surface area contributed by atoms with Crippen molar-refractivity contribution >= 4 is 51.1 Å². The second-order valence-electron chi connectivity index (χ2n) is 7.21. The van der Waals surface area contributed by atoms with Gasteiger partial charge < -0.3 is 10.2 Å². The fourth-order valence-electron chi connectivity index (χ4n) is 3.27. The van der Waals surface area contributed by atoms with E-state index in [9.17, 15) is 9.59 Å². The number of carbonyl (C=O) groups excluding carboxylic acids is 2. The van der Waals surface area contributed by atoms with Gasteiger partial charge in [-0.15, -0.1) is 11.8 Å². The first-order chi connectivity index (χ1) is 15.5. The van der Waals surface area contributed by atoms with E-state index in [1.54, 1.807) is 24.1 Å². The minimum absolute atomic E-state index is 0.0996. The third-order valence-corrected chi connectivity index (χ3v) is 6.74. The van der Waals surface area contributed by atoms with E-state index in [0.717, 1.165) is 20.5 Å². The van der Waals surface area contributed by atoms with Crippen LogP contribution < -0.4 is 5.32 Å². The summed E-state index contributed by atoms with van der Waals surface area (Å²) in [5, 5.41) is 3.39. The molecule has 0 heterocycles. The Labute approximate surface area is 206 Å². The Hall–Kier alpha value is -2.28. The molecule has 4 nitrogen and oxygen atoms in total.